The average Bonchev–Trinajstić information content (AvgIpc) is 2.94. The second-order valence-electron chi connectivity index (χ2n) is 3.74. The number of aryl methyl sites for hydroxylation is 1. The van der Waals surface area contributed by atoms with Crippen molar-refractivity contribution in [3.63, 3.8) is 0 Å². The van der Waals surface area contributed by atoms with Gasteiger partial charge in [-0.05, 0) is 0 Å². The summed E-state index contributed by atoms with van der Waals surface area (Å²) in [7, 11) is 1.94. The molecule has 2 N–H and O–H groups in total. The van der Waals surface area contributed by atoms with Crippen LogP contribution in [0.25, 0.3) is 11.0 Å². The quantitative estimate of drug-likeness (QED) is 0.690. The van der Waals surface area contributed by atoms with Gasteiger partial charge in [-0.1, -0.05) is 0 Å². The molecular formula is C10H11N7. The Kier molecular flexibility index (Phi) is 2.21. The molecule has 0 aliphatic carbocycles. The molecule has 0 amide bonds. The van der Waals surface area contributed by atoms with E-state index < -0.39 is 0 Å². The van der Waals surface area contributed by atoms with Gasteiger partial charge < -0.3 is 9.88 Å². The molecule has 7 heteroatoms. The van der Waals surface area contributed by atoms with Crippen LogP contribution in [0.2, 0.25) is 0 Å². The maximum Gasteiger partial charge on any atom is 0.160 e. The smallest absolute Gasteiger partial charge is 0.160 e. The molecule has 3 aromatic rings. The number of aromatic amines is 1. The highest BCUT2D eigenvalue weighted by molar-refractivity contribution is 5.85. The second kappa shape index (κ2) is 3.85. The first-order valence-corrected chi connectivity index (χ1v) is 5.18. The summed E-state index contributed by atoms with van der Waals surface area (Å²) in [4.78, 5) is 12.5. The summed E-state index contributed by atoms with van der Waals surface area (Å²) in [5.41, 5.74) is 1.69. The summed E-state index contributed by atoms with van der Waals surface area (Å²) in [5, 5.41) is 10.8. The highest BCUT2D eigenvalue weighted by Crippen LogP contribution is 2.16. The van der Waals surface area contributed by atoms with Gasteiger partial charge in [-0.25, -0.2) is 15.0 Å². The van der Waals surface area contributed by atoms with Crippen LogP contribution in [-0.4, -0.2) is 29.7 Å². The fourth-order valence-corrected chi connectivity index (χ4v) is 1.64. The Morgan fingerprint density at radius 1 is 1.35 bits per heavy atom. The van der Waals surface area contributed by atoms with E-state index in [1.165, 1.54) is 6.33 Å². The maximum atomic E-state index is 4.23. The van der Waals surface area contributed by atoms with E-state index in [1.807, 2.05) is 17.8 Å². The molecule has 3 heterocycles. The first-order chi connectivity index (χ1) is 8.33. The number of anilines is 1. The molecule has 0 fully saturated rings. The van der Waals surface area contributed by atoms with E-state index in [0.717, 1.165) is 22.5 Å². The molecule has 0 saturated heterocycles. The minimum Gasteiger partial charge on any atom is -0.364 e. The molecule has 0 bridgehead atoms. The lowest BCUT2D eigenvalue weighted by Crippen LogP contribution is -2.02. The standard InChI is InChI=1S/C10H11N7/c1-17-4-7(14-6-17)2-11-9-8-3-15-16-10(8)13-5-12-9/h3-6H,2H2,1H3,(H2,11,12,13,15,16). The van der Waals surface area contributed by atoms with Gasteiger partial charge >= 0.3 is 0 Å². The SMILES string of the molecule is Cn1cnc(CNc2ncnc3[nH]ncc23)c1. The molecule has 0 aliphatic heterocycles. The maximum absolute atomic E-state index is 4.23. The van der Waals surface area contributed by atoms with Crippen LogP contribution in [0.5, 0.6) is 0 Å². The first kappa shape index (κ1) is 9.76. The molecule has 17 heavy (non-hydrogen) atoms. The fourth-order valence-electron chi connectivity index (χ4n) is 1.64. The highest BCUT2D eigenvalue weighted by Gasteiger charge is 2.05. The fraction of sp³-hybridized carbons (Fsp3) is 0.200. The lowest BCUT2D eigenvalue weighted by molar-refractivity contribution is 0.912. The van der Waals surface area contributed by atoms with Crippen LogP contribution in [0, 0.1) is 0 Å². The van der Waals surface area contributed by atoms with Gasteiger partial charge in [-0.3, -0.25) is 5.10 Å². The number of rotatable bonds is 3. The topological polar surface area (TPSA) is 84.3 Å². The summed E-state index contributed by atoms with van der Waals surface area (Å²) in [6.45, 7) is 0.623. The Bertz CT molecular complexity index is 639. The first-order valence-electron chi connectivity index (χ1n) is 5.18. The Labute approximate surface area is 96.9 Å². The minimum atomic E-state index is 0.623. The number of nitrogens with one attached hydrogen (secondary N) is 2. The largest absolute Gasteiger partial charge is 0.364 e. The third kappa shape index (κ3) is 1.82. The van der Waals surface area contributed by atoms with Gasteiger partial charge in [0.25, 0.3) is 0 Å². The summed E-state index contributed by atoms with van der Waals surface area (Å²) in [6.07, 6.45) is 6.93. The molecular weight excluding hydrogens is 218 g/mol. The third-order valence-corrected chi connectivity index (χ3v) is 2.44. The monoisotopic (exact) mass is 229 g/mol. The van der Waals surface area contributed by atoms with E-state index in [4.69, 9.17) is 0 Å². The molecule has 0 aromatic carbocycles. The van der Waals surface area contributed by atoms with Crippen LogP contribution in [0.4, 0.5) is 5.82 Å². The van der Waals surface area contributed by atoms with Crippen LogP contribution >= 0.6 is 0 Å². The summed E-state index contributed by atoms with van der Waals surface area (Å²) in [5.74, 6) is 0.759. The van der Waals surface area contributed by atoms with E-state index in [2.05, 4.69) is 30.5 Å². The van der Waals surface area contributed by atoms with Crippen molar-refractivity contribution in [2.45, 2.75) is 6.54 Å². The zero-order valence-corrected chi connectivity index (χ0v) is 9.25. The van der Waals surface area contributed by atoms with E-state index >= 15 is 0 Å². The summed E-state index contributed by atoms with van der Waals surface area (Å²) < 4.78 is 1.91. The normalized spacial score (nSPS) is 10.9. The van der Waals surface area contributed by atoms with Crippen molar-refractivity contribution in [2.75, 3.05) is 5.32 Å². The summed E-state index contributed by atoms with van der Waals surface area (Å²) in [6, 6.07) is 0. The van der Waals surface area contributed by atoms with Gasteiger partial charge in [0.2, 0.25) is 0 Å². The van der Waals surface area contributed by atoms with Crippen molar-refractivity contribution in [3.05, 3.63) is 30.7 Å². The predicted octanol–water partition coefficient (Wildman–Crippen LogP) is 0.698. The molecule has 0 atom stereocenters. The minimum absolute atomic E-state index is 0.623. The van der Waals surface area contributed by atoms with Crippen LogP contribution in [-0.2, 0) is 13.6 Å². The van der Waals surface area contributed by atoms with E-state index in [0.29, 0.717) is 6.54 Å². The lowest BCUT2D eigenvalue weighted by Gasteiger charge is -2.03. The average molecular weight is 229 g/mol. The third-order valence-electron chi connectivity index (χ3n) is 2.44. The van der Waals surface area contributed by atoms with Gasteiger partial charge in [0.1, 0.15) is 12.1 Å². The van der Waals surface area contributed by atoms with Crippen molar-refractivity contribution in [2.24, 2.45) is 7.05 Å². The van der Waals surface area contributed by atoms with E-state index in [1.54, 1.807) is 12.5 Å². The predicted molar refractivity (Wildman–Crippen MR) is 62.2 cm³/mol. The van der Waals surface area contributed by atoms with Gasteiger partial charge in [0.05, 0.1) is 30.1 Å². The highest BCUT2D eigenvalue weighted by atomic mass is 15.2. The van der Waals surface area contributed by atoms with Crippen molar-refractivity contribution >= 4 is 16.9 Å². The molecule has 0 radical (unpaired) electrons. The van der Waals surface area contributed by atoms with Gasteiger partial charge in [-0.2, -0.15) is 5.10 Å². The Morgan fingerprint density at radius 2 is 2.29 bits per heavy atom. The second-order valence-corrected chi connectivity index (χ2v) is 3.74. The Hall–Kier alpha value is -2.44. The number of aromatic nitrogens is 6. The van der Waals surface area contributed by atoms with Gasteiger partial charge in [-0.15, -0.1) is 0 Å². The van der Waals surface area contributed by atoms with Gasteiger partial charge in [0.15, 0.2) is 5.65 Å². The van der Waals surface area contributed by atoms with Crippen molar-refractivity contribution in [1.82, 2.24) is 29.7 Å². The molecule has 0 aliphatic rings. The molecule has 0 spiro atoms. The van der Waals surface area contributed by atoms with Crippen LogP contribution in [0.1, 0.15) is 5.69 Å². The number of nitrogens with zero attached hydrogens (tertiary/aromatic N) is 5. The lowest BCUT2D eigenvalue weighted by atomic mass is 10.4. The van der Waals surface area contributed by atoms with Crippen molar-refractivity contribution < 1.29 is 0 Å². The van der Waals surface area contributed by atoms with E-state index in [-0.39, 0.29) is 0 Å². The zero-order valence-electron chi connectivity index (χ0n) is 9.25. The number of fused-ring (bicyclic) bond motifs is 1. The van der Waals surface area contributed by atoms with Crippen LogP contribution < -0.4 is 5.32 Å². The molecule has 86 valence electrons. The number of imidazole rings is 1. The van der Waals surface area contributed by atoms with Gasteiger partial charge in [0, 0.05) is 13.2 Å². The molecule has 0 saturated carbocycles. The Balaban J connectivity index is 1.83. The number of hydrogen-bond donors (Lipinski definition) is 2. The summed E-state index contributed by atoms with van der Waals surface area (Å²) >= 11 is 0. The van der Waals surface area contributed by atoms with Crippen LogP contribution in [0.15, 0.2) is 25.0 Å². The van der Waals surface area contributed by atoms with Crippen molar-refractivity contribution in [1.29, 1.82) is 0 Å². The van der Waals surface area contributed by atoms with Crippen LogP contribution in [0.3, 0.4) is 0 Å². The molecule has 3 aromatic heterocycles. The Morgan fingerprint density at radius 3 is 3.12 bits per heavy atom. The zero-order chi connectivity index (χ0) is 11.7. The molecule has 3 rings (SSSR count). The molecule has 0 unspecified atom stereocenters. The number of H-pyrrole nitrogens is 1. The van der Waals surface area contributed by atoms with E-state index in [9.17, 15) is 0 Å². The number of hydrogen-bond acceptors (Lipinski definition) is 5. The van der Waals surface area contributed by atoms with Crippen molar-refractivity contribution in [3.8, 4) is 0 Å². The molecule has 7 nitrogen and oxygen atoms in total.